The second kappa shape index (κ2) is 8.81. The highest BCUT2D eigenvalue weighted by Gasteiger charge is 2.23. The lowest BCUT2D eigenvalue weighted by Crippen LogP contribution is -2.41. The highest BCUT2D eigenvalue weighted by molar-refractivity contribution is 5.76. The Balaban J connectivity index is 1.45. The van der Waals surface area contributed by atoms with E-state index in [0.29, 0.717) is 37.4 Å². The van der Waals surface area contributed by atoms with E-state index in [0.717, 1.165) is 18.4 Å². The molecule has 0 unspecified atom stereocenters. The number of H-pyrrole nitrogens is 2. The molecule has 144 valence electrons. The molecular weight excluding hydrogens is 346 g/mol. The summed E-state index contributed by atoms with van der Waals surface area (Å²) in [7, 11) is 0. The number of aryl methyl sites for hydroxylation is 1. The monoisotopic (exact) mass is 371 g/mol. The average molecular weight is 371 g/mol. The standard InChI is InChI=1S/C20H25N3O4/c1-14-17(19(25)22-20(26)21-14)7-8-18(24)23-11-9-16(10-12-23)27-13-15-5-3-2-4-6-15/h2-6,16H,7-13H2,1H3,(H2,21,22,25,26). The molecule has 0 bridgehead atoms. The molecule has 3 rings (SSSR count). The van der Waals surface area contributed by atoms with E-state index in [-0.39, 0.29) is 18.4 Å². The van der Waals surface area contributed by atoms with Crippen LogP contribution in [0.25, 0.3) is 0 Å². The number of nitrogens with zero attached hydrogens (tertiary/aromatic N) is 1. The molecule has 27 heavy (non-hydrogen) atoms. The van der Waals surface area contributed by atoms with Gasteiger partial charge in [-0.1, -0.05) is 30.3 Å². The molecule has 1 fully saturated rings. The predicted molar refractivity (Wildman–Crippen MR) is 102 cm³/mol. The number of amides is 1. The predicted octanol–water partition coefficient (Wildman–Crippen LogP) is 1.51. The minimum atomic E-state index is -0.523. The summed E-state index contributed by atoms with van der Waals surface area (Å²) in [6, 6.07) is 10.1. The fourth-order valence-corrected chi connectivity index (χ4v) is 3.38. The van der Waals surface area contributed by atoms with Gasteiger partial charge in [-0.15, -0.1) is 0 Å². The molecule has 7 heteroatoms. The molecule has 1 amide bonds. The molecule has 0 spiro atoms. The zero-order chi connectivity index (χ0) is 19.2. The number of rotatable bonds is 6. The second-order valence-corrected chi connectivity index (χ2v) is 6.89. The van der Waals surface area contributed by atoms with Crippen LogP contribution >= 0.6 is 0 Å². The van der Waals surface area contributed by atoms with Gasteiger partial charge in [0.2, 0.25) is 5.91 Å². The zero-order valence-electron chi connectivity index (χ0n) is 15.5. The van der Waals surface area contributed by atoms with E-state index in [1.807, 2.05) is 35.2 Å². The lowest BCUT2D eigenvalue weighted by molar-refractivity contribution is -0.134. The number of aromatic amines is 2. The summed E-state index contributed by atoms with van der Waals surface area (Å²) >= 11 is 0. The van der Waals surface area contributed by atoms with Gasteiger partial charge in [0.1, 0.15) is 0 Å². The highest BCUT2D eigenvalue weighted by Crippen LogP contribution is 2.17. The Hall–Kier alpha value is -2.67. The van der Waals surface area contributed by atoms with E-state index < -0.39 is 11.2 Å². The van der Waals surface area contributed by atoms with Gasteiger partial charge in [0.05, 0.1) is 12.7 Å². The first kappa shape index (κ1) is 19.1. The maximum atomic E-state index is 12.4. The van der Waals surface area contributed by atoms with Crippen LogP contribution in [0.5, 0.6) is 0 Å². The second-order valence-electron chi connectivity index (χ2n) is 6.89. The molecular formula is C20H25N3O4. The van der Waals surface area contributed by atoms with Crippen molar-refractivity contribution >= 4 is 5.91 Å². The van der Waals surface area contributed by atoms with Crippen molar-refractivity contribution in [2.75, 3.05) is 13.1 Å². The molecule has 1 saturated heterocycles. The van der Waals surface area contributed by atoms with Gasteiger partial charge in [0, 0.05) is 30.8 Å². The fraction of sp³-hybridized carbons (Fsp3) is 0.450. The van der Waals surface area contributed by atoms with Gasteiger partial charge in [0.25, 0.3) is 5.56 Å². The van der Waals surface area contributed by atoms with Gasteiger partial charge in [-0.25, -0.2) is 4.79 Å². The Kier molecular flexibility index (Phi) is 6.24. The summed E-state index contributed by atoms with van der Waals surface area (Å²) in [5.41, 5.74) is 1.19. The van der Waals surface area contributed by atoms with Gasteiger partial charge < -0.3 is 14.6 Å². The summed E-state index contributed by atoms with van der Waals surface area (Å²) in [6.45, 7) is 3.60. The maximum Gasteiger partial charge on any atom is 0.325 e. The van der Waals surface area contributed by atoms with Crippen LogP contribution in [0.15, 0.2) is 39.9 Å². The van der Waals surface area contributed by atoms with Gasteiger partial charge in [-0.3, -0.25) is 14.6 Å². The number of carbonyl (C=O) groups is 1. The van der Waals surface area contributed by atoms with Gasteiger partial charge in [-0.05, 0) is 31.7 Å². The number of piperidine rings is 1. The lowest BCUT2D eigenvalue weighted by Gasteiger charge is -2.32. The summed E-state index contributed by atoms with van der Waals surface area (Å²) in [5, 5.41) is 0. The van der Waals surface area contributed by atoms with Crippen LogP contribution in [0.2, 0.25) is 0 Å². The first-order chi connectivity index (χ1) is 13.0. The summed E-state index contributed by atoms with van der Waals surface area (Å²) in [6.07, 6.45) is 2.37. The Morgan fingerprint density at radius 3 is 2.52 bits per heavy atom. The largest absolute Gasteiger partial charge is 0.373 e. The Morgan fingerprint density at radius 1 is 1.15 bits per heavy atom. The molecule has 2 aromatic rings. The number of benzene rings is 1. The van der Waals surface area contributed by atoms with Crippen molar-refractivity contribution in [3.8, 4) is 0 Å². The number of ether oxygens (including phenoxy) is 1. The molecule has 7 nitrogen and oxygen atoms in total. The van der Waals surface area contributed by atoms with Crippen LogP contribution in [0.4, 0.5) is 0 Å². The molecule has 1 aliphatic rings. The Labute approximate surface area is 157 Å². The topological polar surface area (TPSA) is 95.3 Å². The number of hydrogen-bond donors (Lipinski definition) is 2. The van der Waals surface area contributed by atoms with Crippen LogP contribution in [-0.4, -0.2) is 40.0 Å². The number of hydrogen-bond acceptors (Lipinski definition) is 4. The van der Waals surface area contributed by atoms with Crippen molar-refractivity contribution in [1.29, 1.82) is 0 Å². The van der Waals surface area contributed by atoms with Crippen molar-refractivity contribution in [3.05, 3.63) is 68.0 Å². The van der Waals surface area contributed by atoms with Crippen LogP contribution in [0.1, 0.15) is 36.1 Å². The average Bonchev–Trinajstić information content (AvgIpc) is 2.66. The minimum absolute atomic E-state index is 0.0292. The van der Waals surface area contributed by atoms with Crippen molar-refractivity contribution in [2.45, 2.75) is 45.3 Å². The minimum Gasteiger partial charge on any atom is -0.373 e. The maximum absolute atomic E-state index is 12.4. The van der Waals surface area contributed by atoms with E-state index >= 15 is 0 Å². The van der Waals surface area contributed by atoms with Crippen LogP contribution in [0, 0.1) is 6.92 Å². The van der Waals surface area contributed by atoms with Crippen molar-refractivity contribution in [2.24, 2.45) is 0 Å². The van der Waals surface area contributed by atoms with Gasteiger partial charge in [0.15, 0.2) is 0 Å². The van der Waals surface area contributed by atoms with E-state index in [2.05, 4.69) is 9.97 Å². The van der Waals surface area contributed by atoms with Crippen LogP contribution in [-0.2, 0) is 22.6 Å². The molecule has 2 N–H and O–H groups in total. The third-order valence-corrected chi connectivity index (χ3v) is 4.97. The third kappa shape index (κ3) is 5.17. The van der Waals surface area contributed by atoms with Crippen LogP contribution in [0.3, 0.4) is 0 Å². The summed E-state index contributed by atoms with van der Waals surface area (Å²) in [5.74, 6) is 0.0292. The highest BCUT2D eigenvalue weighted by atomic mass is 16.5. The Morgan fingerprint density at radius 2 is 1.85 bits per heavy atom. The summed E-state index contributed by atoms with van der Waals surface area (Å²) in [4.78, 5) is 42.1. The van der Waals surface area contributed by atoms with Gasteiger partial charge in [-0.2, -0.15) is 0 Å². The number of nitrogens with one attached hydrogen (secondary N) is 2. The molecule has 0 saturated carbocycles. The molecule has 2 heterocycles. The number of aromatic nitrogens is 2. The van der Waals surface area contributed by atoms with Crippen molar-refractivity contribution < 1.29 is 9.53 Å². The smallest absolute Gasteiger partial charge is 0.325 e. The number of likely N-dealkylation sites (tertiary alicyclic amines) is 1. The molecule has 0 radical (unpaired) electrons. The van der Waals surface area contributed by atoms with Crippen molar-refractivity contribution in [3.63, 3.8) is 0 Å². The van der Waals surface area contributed by atoms with E-state index in [1.165, 1.54) is 0 Å². The molecule has 1 aliphatic heterocycles. The third-order valence-electron chi connectivity index (χ3n) is 4.97. The molecule has 1 aromatic heterocycles. The van der Waals surface area contributed by atoms with E-state index in [9.17, 15) is 14.4 Å². The quantitative estimate of drug-likeness (QED) is 0.805. The zero-order valence-corrected chi connectivity index (χ0v) is 15.5. The molecule has 0 aliphatic carbocycles. The molecule has 1 aromatic carbocycles. The molecule has 0 atom stereocenters. The fourth-order valence-electron chi connectivity index (χ4n) is 3.38. The van der Waals surface area contributed by atoms with Crippen molar-refractivity contribution in [1.82, 2.24) is 14.9 Å². The number of carbonyl (C=O) groups excluding carboxylic acids is 1. The van der Waals surface area contributed by atoms with E-state index in [4.69, 9.17) is 4.74 Å². The first-order valence-corrected chi connectivity index (χ1v) is 9.28. The first-order valence-electron chi connectivity index (χ1n) is 9.28. The van der Waals surface area contributed by atoms with E-state index in [1.54, 1.807) is 6.92 Å². The summed E-state index contributed by atoms with van der Waals surface area (Å²) < 4.78 is 5.95. The normalized spacial score (nSPS) is 15.1. The SMILES string of the molecule is Cc1[nH]c(=O)[nH]c(=O)c1CCC(=O)N1CCC(OCc2ccccc2)CC1. The Bertz CT molecular complexity index is 880. The lowest BCUT2D eigenvalue weighted by atomic mass is 10.1. The van der Waals surface area contributed by atoms with Crippen LogP contribution < -0.4 is 11.2 Å². The van der Waals surface area contributed by atoms with Gasteiger partial charge >= 0.3 is 5.69 Å².